The van der Waals surface area contributed by atoms with Gasteiger partial charge in [-0.1, -0.05) is 6.92 Å². The van der Waals surface area contributed by atoms with Crippen molar-refractivity contribution in [2.75, 3.05) is 18.6 Å². The van der Waals surface area contributed by atoms with Gasteiger partial charge in [-0.3, -0.25) is 4.79 Å². The van der Waals surface area contributed by atoms with Gasteiger partial charge in [0.15, 0.2) is 0 Å². The normalized spacial score (nSPS) is 24.2. The largest absolute Gasteiger partial charge is 0.497 e. The van der Waals surface area contributed by atoms with E-state index in [0.29, 0.717) is 12.2 Å². The maximum Gasteiger partial charge on any atom is 0.139 e. The van der Waals surface area contributed by atoms with Gasteiger partial charge in [0, 0.05) is 35.5 Å². The van der Waals surface area contributed by atoms with Crippen LogP contribution in [0.5, 0.6) is 5.75 Å². The van der Waals surface area contributed by atoms with E-state index in [-0.39, 0.29) is 12.0 Å². The Hall–Kier alpha value is -1.03. The third kappa shape index (κ3) is 2.39. The molecule has 1 aromatic carbocycles. The fourth-order valence-corrected chi connectivity index (χ4v) is 2.85. The lowest BCUT2D eigenvalue weighted by atomic mass is 9.90. The quantitative estimate of drug-likeness (QED) is 0.839. The lowest BCUT2D eigenvalue weighted by molar-refractivity contribution is -0.123. The van der Waals surface area contributed by atoms with Crippen molar-refractivity contribution < 1.29 is 9.53 Å². The molecule has 3 nitrogen and oxygen atoms in total. The van der Waals surface area contributed by atoms with Crippen LogP contribution in [-0.4, -0.2) is 25.5 Å². The van der Waals surface area contributed by atoms with Crippen LogP contribution in [0.15, 0.2) is 22.7 Å². The summed E-state index contributed by atoms with van der Waals surface area (Å²) < 4.78 is 6.31. The van der Waals surface area contributed by atoms with Gasteiger partial charge in [0.25, 0.3) is 0 Å². The molecule has 1 saturated heterocycles. The molecule has 0 bridgehead atoms. The second-order valence-electron chi connectivity index (χ2n) is 4.76. The van der Waals surface area contributed by atoms with Crippen LogP contribution in [0, 0.1) is 5.92 Å². The van der Waals surface area contributed by atoms with Gasteiger partial charge in [-0.05, 0) is 35.0 Å². The molecule has 2 unspecified atom stereocenters. The molecule has 1 heterocycles. The summed E-state index contributed by atoms with van der Waals surface area (Å²) in [5, 5.41) is 0. The molecule has 1 aromatic rings. The van der Waals surface area contributed by atoms with Gasteiger partial charge in [0.1, 0.15) is 11.5 Å². The first kappa shape index (κ1) is 13.4. The zero-order valence-electron chi connectivity index (χ0n) is 10.9. The van der Waals surface area contributed by atoms with E-state index in [0.717, 1.165) is 22.5 Å². The summed E-state index contributed by atoms with van der Waals surface area (Å²) in [5.74, 6) is 1.28. The highest BCUT2D eigenvalue weighted by Gasteiger charge is 2.31. The molecule has 0 amide bonds. The molecule has 2 rings (SSSR count). The molecule has 4 heteroatoms. The van der Waals surface area contributed by atoms with E-state index in [1.165, 1.54) is 0 Å². The van der Waals surface area contributed by atoms with Crippen LogP contribution in [0.3, 0.4) is 0 Å². The monoisotopic (exact) mass is 311 g/mol. The average molecular weight is 312 g/mol. The smallest absolute Gasteiger partial charge is 0.139 e. The number of benzene rings is 1. The highest BCUT2D eigenvalue weighted by atomic mass is 79.9. The van der Waals surface area contributed by atoms with Crippen LogP contribution in [0.4, 0.5) is 5.69 Å². The zero-order valence-corrected chi connectivity index (χ0v) is 12.5. The molecule has 0 aliphatic carbocycles. The van der Waals surface area contributed by atoms with Crippen LogP contribution in [0.1, 0.15) is 20.3 Å². The number of hydrogen-bond acceptors (Lipinski definition) is 3. The predicted molar refractivity (Wildman–Crippen MR) is 76.3 cm³/mol. The van der Waals surface area contributed by atoms with E-state index in [1.807, 2.05) is 25.1 Å². The molecule has 1 fully saturated rings. The summed E-state index contributed by atoms with van der Waals surface area (Å²) in [6.07, 6.45) is 0.620. The summed E-state index contributed by atoms with van der Waals surface area (Å²) in [4.78, 5) is 14.0. The van der Waals surface area contributed by atoms with E-state index in [4.69, 9.17) is 4.74 Å². The van der Waals surface area contributed by atoms with Crippen molar-refractivity contribution in [3.63, 3.8) is 0 Å². The van der Waals surface area contributed by atoms with E-state index < -0.39 is 0 Å². The molecule has 0 radical (unpaired) electrons. The predicted octanol–water partition coefficient (Wildman–Crippen LogP) is 3.26. The van der Waals surface area contributed by atoms with Crippen molar-refractivity contribution in [1.29, 1.82) is 0 Å². The van der Waals surface area contributed by atoms with Crippen molar-refractivity contribution in [1.82, 2.24) is 0 Å². The van der Waals surface area contributed by atoms with E-state index >= 15 is 0 Å². The van der Waals surface area contributed by atoms with E-state index in [1.54, 1.807) is 7.11 Å². The SMILES string of the molecule is COc1ccc(Br)c(N2CCC(=O)C(C)C2C)c1. The maximum atomic E-state index is 11.7. The number of Topliss-reactive ketones (excluding diaryl/α,β-unsaturated/α-hetero) is 1. The summed E-state index contributed by atoms with van der Waals surface area (Å²) in [6.45, 7) is 4.89. The van der Waals surface area contributed by atoms with Gasteiger partial charge in [0.05, 0.1) is 12.8 Å². The van der Waals surface area contributed by atoms with E-state index in [9.17, 15) is 4.79 Å². The Labute approximate surface area is 116 Å². The molecular weight excluding hydrogens is 294 g/mol. The van der Waals surface area contributed by atoms with Crippen LogP contribution < -0.4 is 9.64 Å². The fourth-order valence-electron chi connectivity index (χ4n) is 2.38. The van der Waals surface area contributed by atoms with Gasteiger partial charge in [-0.2, -0.15) is 0 Å². The lowest BCUT2D eigenvalue weighted by Gasteiger charge is -2.39. The Morgan fingerprint density at radius 3 is 2.78 bits per heavy atom. The highest BCUT2D eigenvalue weighted by molar-refractivity contribution is 9.10. The molecule has 18 heavy (non-hydrogen) atoms. The number of piperidine rings is 1. The molecule has 0 saturated carbocycles. The summed E-state index contributed by atoms with van der Waals surface area (Å²) in [5.41, 5.74) is 1.10. The van der Waals surface area contributed by atoms with Crippen LogP contribution in [0.25, 0.3) is 0 Å². The second kappa shape index (κ2) is 5.31. The van der Waals surface area contributed by atoms with Crippen LogP contribution >= 0.6 is 15.9 Å². The maximum absolute atomic E-state index is 11.7. The Bertz CT molecular complexity index is 461. The molecule has 0 N–H and O–H groups in total. The Balaban J connectivity index is 2.33. The molecule has 98 valence electrons. The second-order valence-corrected chi connectivity index (χ2v) is 5.61. The summed E-state index contributed by atoms with van der Waals surface area (Å²) >= 11 is 3.58. The third-order valence-electron chi connectivity index (χ3n) is 3.78. The topological polar surface area (TPSA) is 29.5 Å². The van der Waals surface area contributed by atoms with Crippen molar-refractivity contribution in [2.24, 2.45) is 5.92 Å². The number of rotatable bonds is 2. The number of ether oxygens (including phenoxy) is 1. The highest BCUT2D eigenvalue weighted by Crippen LogP contribution is 2.35. The van der Waals surface area contributed by atoms with Crippen molar-refractivity contribution in [2.45, 2.75) is 26.3 Å². The molecule has 0 spiro atoms. The fraction of sp³-hybridized carbons (Fsp3) is 0.500. The average Bonchev–Trinajstić information content (AvgIpc) is 2.37. The summed E-state index contributed by atoms with van der Waals surface area (Å²) in [6, 6.07) is 6.15. The molecular formula is C14H18BrNO2. The first-order valence-corrected chi connectivity index (χ1v) is 6.96. The number of nitrogens with zero attached hydrogens (tertiary/aromatic N) is 1. The molecule has 1 aliphatic heterocycles. The minimum atomic E-state index is 0.0804. The molecule has 1 aliphatic rings. The first-order valence-electron chi connectivity index (χ1n) is 6.17. The van der Waals surface area contributed by atoms with Gasteiger partial charge in [0.2, 0.25) is 0 Å². The Kier molecular flexibility index (Phi) is 3.95. The summed E-state index contributed by atoms with van der Waals surface area (Å²) in [7, 11) is 1.67. The number of anilines is 1. The first-order chi connectivity index (χ1) is 8.54. The zero-order chi connectivity index (χ0) is 13.3. The number of halogens is 1. The number of carbonyl (C=O) groups excluding carboxylic acids is 1. The van der Waals surface area contributed by atoms with Gasteiger partial charge in [-0.25, -0.2) is 0 Å². The van der Waals surface area contributed by atoms with Gasteiger partial charge >= 0.3 is 0 Å². The van der Waals surface area contributed by atoms with E-state index in [2.05, 4.69) is 27.8 Å². The third-order valence-corrected chi connectivity index (χ3v) is 4.46. The van der Waals surface area contributed by atoms with Crippen molar-refractivity contribution in [3.05, 3.63) is 22.7 Å². The van der Waals surface area contributed by atoms with Crippen LogP contribution in [0.2, 0.25) is 0 Å². The Morgan fingerprint density at radius 2 is 2.11 bits per heavy atom. The number of ketones is 1. The lowest BCUT2D eigenvalue weighted by Crippen LogP contribution is -2.47. The minimum Gasteiger partial charge on any atom is -0.497 e. The standard InChI is InChI=1S/C14H18BrNO2/c1-9-10(2)16(7-6-14(9)17)13-8-11(18-3)4-5-12(13)15/h4-5,8-10H,6-7H2,1-3H3. The van der Waals surface area contributed by atoms with Crippen molar-refractivity contribution in [3.8, 4) is 5.75 Å². The molecule has 2 atom stereocenters. The number of carbonyl (C=O) groups is 1. The number of hydrogen-bond donors (Lipinski definition) is 0. The molecule has 0 aromatic heterocycles. The van der Waals surface area contributed by atoms with Gasteiger partial charge in [-0.15, -0.1) is 0 Å². The Morgan fingerprint density at radius 1 is 1.39 bits per heavy atom. The van der Waals surface area contributed by atoms with Gasteiger partial charge < -0.3 is 9.64 Å². The van der Waals surface area contributed by atoms with Crippen molar-refractivity contribution >= 4 is 27.4 Å². The minimum absolute atomic E-state index is 0.0804. The van der Waals surface area contributed by atoms with Crippen LogP contribution in [-0.2, 0) is 4.79 Å². The number of methoxy groups -OCH3 is 1.